The Balaban J connectivity index is -0.000000114. The van der Waals surface area contributed by atoms with Crippen molar-refractivity contribution in [2.24, 2.45) is 5.92 Å². The van der Waals surface area contributed by atoms with Crippen LogP contribution < -0.4 is 0 Å². The fraction of sp³-hybridized carbons (Fsp3) is 0.696. The summed E-state index contributed by atoms with van der Waals surface area (Å²) in [5.41, 5.74) is 2.52. The van der Waals surface area contributed by atoms with Crippen LogP contribution in [0.3, 0.4) is 0 Å². The third kappa shape index (κ3) is 20.6. The average Bonchev–Trinajstić information content (AvgIpc) is 2.70. The lowest BCUT2D eigenvalue weighted by atomic mass is 9.97. The Kier molecular flexibility index (Phi) is 42.7. The average molecular weight is 356 g/mol. The van der Waals surface area contributed by atoms with Gasteiger partial charge in [0.25, 0.3) is 0 Å². The molecule has 0 radical (unpaired) electrons. The number of hydrogen-bond donors (Lipinski definition) is 0. The lowest BCUT2D eigenvalue weighted by Crippen LogP contribution is -2.29. The molecule has 152 valence electrons. The minimum absolute atomic E-state index is 0.0566. The number of carbonyl (C=O) groups excluding carboxylic acids is 1. The molecule has 1 aromatic carbocycles. The van der Waals surface area contributed by atoms with Crippen LogP contribution in [0.25, 0.3) is 0 Å². The zero-order chi connectivity index (χ0) is 21.4. The maximum absolute atomic E-state index is 11.7. The summed E-state index contributed by atoms with van der Waals surface area (Å²) in [5.74, 6) is 0.249. The number of carbonyl (C=O) groups is 1. The highest BCUT2D eigenvalue weighted by Gasteiger charge is 2.15. The number of nitrogens with zero attached hydrogens (tertiary/aromatic N) is 1. The van der Waals surface area contributed by atoms with E-state index in [9.17, 15) is 4.79 Å². The van der Waals surface area contributed by atoms with E-state index in [0.717, 1.165) is 6.42 Å². The van der Waals surface area contributed by atoms with Crippen LogP contribution >= 0.6 is 0 Å². The van der Waals surface area contributed by atoms with Gasteiger partial charge < -0.3 is 4.90 Å². The molecule has 0 N–H and O–H groups in total. The molecule has 0 fully saturated rings. The third-order valence-electron chi connectivity index (χ3n) is 2.65. The SMILES string of the molecule is CC.CC.CC.CC.CC.Cc1ccccc1CC(C)C(=O)N(C)C. The summed E-state index contributed by atoms with van der Waals surface area (Å²) in [6.45, 7) is 24.1. The van der Waals surface area contributed by atoms with Crippen LogP contribution in [-0.4, -0.2) is 24.9 Å². The van der Waals surface area contributed by atoms with Gasteiger partial charge in [-0.25, -0.2) is 0 Å². The number of rotatable bonds is 3. The molecule has 0 saturated carbocycles. The molecule has 1 aromatic rings. The minimum atomic E-state index is 0.0566. The van der Waals surface area contributed by atoms with Gasteiger partial charge in [0.05, 0.1) is 0 Å². The summed E-state index contributed by atoms with van der Waals surface area (Å²) in [5, 5.41) is 0. The van der Waals surface area contributed by atoms with Crippen molar-refractivity contribution >= 4 is 5.91 Å². The molecule has 25 heavy (non-hydrogen) atoms. The Morgan fingerprint density at radius 1 is 0.840 bits per heavy atom. The number of hydrogen-bond acceptors (Lipinski definition) is 1. The van der Waals surface area contributed by atoms with Crippen LogP contribution in [0.2, 0.25) is 0 Å². The highest BCUT2D eigenvalue weighted by molar-refractivity contribution is 5.78. The summed E-state index contributed by atoms with van der Waals surface area (Å²) in [6.07, 6.45) is 0.823. The topological polar surface area (TPSA) is 20.3 Å². The normalized spacial score (nSPS) is 8.56. The van der Waals surface area contributed by atoms with E-state index in [1.54, 1.807) is 19.0 Å². The third-order valence-corrected chi connectivity index (χ3v) is 2.65. The Hall–Kier alpha value is -1.31. The van der Waals surface area contributed by atoms with Crippen LogP contribution in [0.5, 0.6) is 0 Å². The number of amides is 1. The largest absolute Gasteiger partial charge is 0.349 e. The summed E-state index contributed by atoms with van der Waals surface area (Å²) in [7, 11) is 3.60. The van der Waals surface area contributed by atoms with Crippen LogP contribution in [0, 0.1) is 12.8 Å². The summed E-state index contributed by atoms with van der Waals surface area (Å²) >= 11 is 0. The Morgan fingerprint density at radius 3 is 1.52 bits per heavy atom. The molecule has 1 rings (SSSR count). The maximum Gasteiger partial charge on any atom is 0.225 e. The summed E-state index contributed by atoms with van der Waals surface area (Å²) in [4.78, 5) is 13.3. The van der Waals surface area contributed by atoms with Gasteiger partial charge in [-0.1, -0.05) is 100 Å². The first-order valence-corrected chi connectivity index (χ1v) is 10.3. The minimum Gasteiger partial charge on any atom is -0.349 e. The van der Waals surface area contributed by atoms with Crippen molar-refractivity contribution < 1.29 is 4.79 Å². The van der Waals surface area contributed by atoms with Crippen LogP contribution in [0.1, 0.15) is 87.3 Å². The van der Waals surface area contributed by atoms with Crippen molar-refractivity contribution in [2.75, 3.05) is 14.1 Å². The summed E-state index contributed by atoms with van der Waals surface area (Å²) in [6, 6.07) is 8.23. The Morgan fingerprint density at radius 2 is 1.20 bits per heavy atom. The van der Waals surface area contributed by atoms with E-state index in [1.165, 1.54) is 11.1 Å². The van der Waals surface area contributed by atoms with Crippen LogP contribution in [-0.2, 0) is 11.2 Å². The highest BCUT2D eigenvalue weighted by Crippen LogP contribution is 2.14. The van der Waals surface area contributed by atoms with E-state index in [2.05, 4.69) is 19.1 Å². The zero-order valence-corrected chi connectivity index (χ0v) is 19.9. The molecule has 1 amide bonds. The van der Waals surface area contributed by atoms with E-state index in [0.29, 0.717) is 0 Å². The maximum atomic E-state index is 11.7. The molecule has 0 bridgehead atoms. The standard InChI is InChI=1S/C13H19NO.5C2H6/c1-10-7-5-6-8-12(10)9-11(2)13(15)14(3)4;5*1-2/h5-8,11H,9H2,1-4H3;5*1-2H3. The van der Waals surface area contributed by atoms with Gasteiger partial charge in [-0.3, -0.25) is 4.79 Å². The van der Waals surface area contributed by atoms with Crippen molar-refractivity contribution in [1.82, 2.24) is 4.90 Å². The van der Waals surface area contributed by atoms with Gasteiger partial charge in [-0.05, 0) is 24.5 Å². The molecule has 0 aliphatic heterocycles. The number of benzene rings is 1. The zero-order valence-electron chi connectivity index (χ0n) is 19.9. The van der Waals surface area contributed by atoms with Gasteiger partial charge in [0, 0.05) is 20.0 Å². The molecule has 1 atom stereocenters. The number of aryl methyl sites for hydroxylation is 1. The second-order valence-electron chi connectivity index (χ2n) is 4.26. The van der Waals surface area contributed by atoms with Gasteiger partial charge in [-0.2, -0.15) is 0 Å². The van der Waals surface area contributed by atoms with Crippen molar-refractivity contribution in [1.29, 1.82) is 0 Å². The molecule has 2 nitrogen and oxygen atoms in total. The molecule has 0 spiro atoms. The van der Waals surface area contributed by atoms with Crippen molar-refractivity contribution in [2.45, 2.75) is 89.5 Å². The second-order valence-corrected chi connectivity index (χ2v) is 4.26. The van der Waals surface area contributed by atoms with Crippen molar-refractivity contribution in [3.05, 3.63) is 35.4 Å². The second kappa shape index (κ2) is 30.6. The fourth-order valence-electron chi connectivity index (χ4n) is 1.70. The summed E-state index contributed by atoms with van der Waals surface area (Å²) < 4.78 is 0. The predicted molar refractivity (Wildman–Crippen MR) is 119 cm³/mol. The molecule has 1 unspecified atom stereocenters. The molecule has 0 saturated heterocycles. The monoisotopic (exact) mass is 355 g/mol. The van der Waals surface area contributed by atoms with Gasteiger partial charge in [0.2, 0.25) is 5.91 Å². The molecule has 2 heteroatoms. The first kappa shape index (κ1) is 34.9. The Bertz CT molecular complexity index is 346. The van der Waals surface area contributed by atoms with E-state index in [4.69, 9.17) is 0 Å². The molecular weight excluding hydrogens is 306 g/mol. The van der Waals surface area contributed by atoms with Crippen LogP contribution in [0.4, 0.5) is 0 Å². The fourth-order valence-corrected chi connectivity index (χ4v) is 1.70. The highest BCUT2D eigenvalue weighted by atomic mass is 16.2. The molecule has 0 aromatic heterocycles. The van der Waals surface area contributed by atoms with Crippen LogP contribution in [0.15, 0.2) is 24.3 Å². The van der Waals surface area contributed by atoms with Gasteiger partial charge in [0.1, 0.15) is 0 Å². The molecule has 0 heterocycles. The predicted octanol–water partition coefficient (Wildman–Crippen LogP) is 7.39. The van der Waals surface area contributed by atoms with Crippen molar-refractivity contribution in [3.8, 4) is 0 Å². The molecular formula is C23H49NO. The van der Waals surface area contributed by atoms with Gasteiger partial charge in [-0.15, -0.1) is 0 Å². The lowest BCUT2D eigenvalue weighted by Gasteiger charge is -2.17. The molecule has 0 aliphatic rings. The smallest absolute Gasteiger partial charge is 0.225 e. The first-order chi connectivity index (χ1) is 12.0. The van der Waals surface area contributed by atoms with Gasteiger partial charge in [0.15, 0.2) is 0 Å². The lowest BCUT2D eigenvalue weighted by molar-refractivity contribution is -0.132. The first-order valence-electron chi connectivity index (χ1n) is 10.3. The van der Waals surface area contributed by atoms with E-state index < -0.39 is 0 Å². The van der Waals surface area contributed by atoms with E-state index in [1.807, 2.05) is 88.3 Å². The molecule has 0 aliphatic carbocycles. The van der Waals surface area contributed by atoms with E-state index >= 15 is 0 Å². The quantitative estimate of drug-likeness (QED) is 0.553. The van der Waals surface area contributed by atoms with E-state index in [-0.39, 0.29) is 11.8 Å². The van der Waals surface area contributed by atoms with Gasteiger partial charge >= 0.3 is 0 Å². The van der Waals surface area contributed by atoms with Crippen molar-refractivity contribution in [3.63, 3.8) is 0 Å². The Labute approximate surface area is 161 Å².